The van der Waals surface area contributed by atoms with Crippen molar-refractivity contribution in [3.05, 3.63) is 247 Å². The lowest BCUT2D eigenvalue weighted by atomic mass is 9.67. The number of thiophene rings is 1. The van der Waals surface area contributed by atoms with Gasteiger partial charge in [-0.05, 0) is 98.1 Å². The van der Waals surface area contributed by atoms with Crippen LogP contribution in [0.4, 0.5) is 17.1 Å². The van der Waals surface area contributed by atoms with E-state index in [0.29, 0.717) is 5.56 Å². The zero-order valence-electron chi connectivity index (χ0n) is 35.8. The van der Waals surface area contributed by atoms with Crippen molar-refractivity contribution in [2.45, 2.75) is 5.41 Å². The highest BCUT2D eigenvalue weighted by Crippen LogP contribution is 2.59. The third-order valence-corrected chi connectivity index (χ3v) is 12.7. The lowest BCUT2D eigenvalue weighted by Crippen LogP contribution is -2.29. The second kappa shape index (κ2) is 13.6. The van der Waals surface area contributed by atoms with Gasteiger partial charge in [-0.2, -0.15) is 0 Å². The molecule has 0 radical (unpaired) electrons. The van der Waals surface area contributed by atoms with Crippen LogP contribution in [-0.2, 0) is 5.41 Å². The molecule has 57 heavy (non-hydrogen) atoms. The van der Waals surface area contributed by atoms with E-state index in [-0.39, 0.29) is 29.7 Å². The predicted molar refractivity (Wildman–Crippen MR) is 242 cm³/mol. The lowest BCUT2D eigenvalue weighted by Gasteiger charge is -2.35. The quantitative estimate of drug-likeness (QED) is 0.157. The molecule has 268 valence electrons. The average Bonchev–Trinajstić information content (AvgIpc) is 3.85. The molecule has 11 rings (SSSR count). The van der Waals surface area contributed by atoms with Gasteiger partial charge in [0.05, 0.1) is 12.3 Å². The van der Waals surface area contributed by atoms with E-state index in [1.165, 1.54) is 53.6 Å². The molecule has 0 bridgehead atoms. The molecule has 1 atom stereocenters. The Kier molecular flexibility index (Phi) is 6.80. The first kappa shape index (κ1) is 28.4. The zero-order chi connectivity index (χ0) is 42.1. The lowest BCUT2D eigenvalue weighted by molar-refractivity contribution is 0.777. The summed E-state index contributed by atoms with van der Waals surface area (Å²) in [5.41, 5.74) is 12.3. The molecule has 0 saturated heterocycles. The van der Waals surface area contributed by atoms with Crippen LogP contribution in [0.2, 0.25) is 0 Å². The van der Waals surface area contributed by atoms with Crippen LogP contribution in [-0.4, -0.2) is 0 Å². The Morgan fingerprint density at radius 1 is 0.404 bits per heavy atom. The molecule has 1 aliphatic carbocycles. The first-order valence-electron chi connectivity index (χ1n) is 21.7. The Morgan fingerprint density at radius 2 is 0.965 bits per heavy atom. The van der Waals surface area contributed by atoms with Crippen molar-refractivity contribution in [1.29, 1.82) is 0 Å². The summed E-state index contributed by atoms with van der Waals surface area (Å²) >= 11 is 1.85. The van der Waals surface area contributed by atoms with Gasteiger partial charge in [-0.3, -0.25) is 0 Å². The summed E-state index contributed by atoms with van der Waals surface area (Å²) in [5.74, 6) is 0. The van der Waals surface area contributed by atoms with Crippen LogP contribution in [0.25, 0.3) is 53.6 Å². The average molecular weight is 749 g/mol. The molecular weight excluding hydrogens is 707 g/mol. The van der Waals surface area contributed by atoms with E-state index >= 15 is 0 Å². The number of anilines is 3. The smallest absolute Gasteiger partial charge is 0.0728 e. The first-order chi connectivity index (χ1) is 30.3. The highest BCUT2D eigenvalue weighted by atomic mass is 32.1. The molecule has 1 nitrogen and oxygen atoms in total. The van der Waals surface area contributed by atoms with Gasteiger partial charge in [-0.25, -0.2) is 0 Å². The SMILES string of the molecule is [2H]c1c([2H])c([2H])c(-c2ccc(N(c3ccc(-c4ccccc4)cc3)c3ccc4c(c3)C(c3ccccc3)(c3cccc5c3sc3ccccc35)c3ccccc3-4)cc2)c([2H])c1[2H]. The molecule has 9 aromatic carbocycles. The maximum atomic E-state index is 8.68. The second-order valence-corrected chi connectivity index (χ2v) is 15.5. The standard InChI is InChI=1S/C55H37NS/c1-4-15-38(16-5-1)40-27-31-43(32-28-40)56(44-33-29-41(30-34-44)39-17-6-2-7-18-39)45-35-36-47-46-21-10-12-24-50(46)55(52(47)37-45,42-19-8-3-9-20-42)51-25-14-23-49-48-22-11-13-26-53(48)57-54(49)51/h1-37H/i1D,4D,5D,15D,16D. The maximum absolute atomic E-state index is 8.68. The van der Waals surface area contributed by atoms with E-state index in [9.17, 15) is 0 Å². The molecule has 2 heteroatoms. The van der Waals surface area contributed by atoms with E-state index < -0.39 is 11.5 Å². The fourth-order valence-corrected chi connectivity index (χ4v) is 10.2. The molecule has 0 saturated carbocycles. The Bertz CT molecular complexity index is 3320. The molecule has 0 aliphatic heterocycles. The van der Waals surface area contributed by atoms with Gasteiger partial charge in [-0.1, -0.05) is 182 Å². The van der Waals surface area contributed by atoms with E-state index in [0.717, 1.165) is 28.2 Å². The molecule has 1 heterocycles. The normalized spacial score (nSPS) is 15.6. The van der Waals surface area contributed by atoms with E-state index in [2.05, 4.69) is 157 Å². The minimum Gasteiger partial charge on any atom is -0.310 e. The van der Waals surface area contributed by atoms with Crippen LogP contribution in [0.1, 0.15) is 29.1 Å². The monoisotopic (exact) mass is 748 g/mol. The van der Waals surface area contributed by atoms with Crippen molar-refractivity contribution in [3.63, 3.8) is 0 Å². The fraction of sp³-hybridized carbons (Fsp3) is 0.0182. The van der Waals surface area contributed by atoms with Crippen LogP contribution < -0.4 is 4.90 Å². The summed E-state index contributed by atoms with van der Waals surface area (Å²) < 4.78 is 44.7. The highest BCUT2D eigenvalue weighted by molar-refractivity contribution is 7.26. The zero-order valence-corrected chi connectivity index (χ0v) is 31.6. The molecular formula is C55H37NS. The second-order valence-electron chi connectivity index (χ2n) is 14.5. The largest absolute Gasteiger partial charge is 0.310 e. The van der Waals surface area contributed by atoms with Crippen LogP contribution in [0.3, 0.4) is 0 Å². The van der Waals surface area contributed by atoms with E-state index in [1.807, 2.05) is 53.8 Å². The minimum atomic E-state index is -0.655. The number of hydrogen-bond donors (Lipinski definition) is 0. The van der Waals surface area contributed by atoms with Gasteiger partial charge in [-0.15, -0.1) is 11.3 Å². The Morgan fingerprint density at radius 3 is 1.72 bits per heavy atom. The predicted octanol–water partition coefficient (Wildman–Crippen LogP) is 15.2. The Labute approximate surface area is 344 Å². The molecule has 1 aliphatic rings. The number of hydrogen-bond acceptors (Lipinski definition) is 2. The van der Waals surface area contributed by atoms with Crippen molar-refractivity contribution in [1.82, 2.24) is 0 Å². The molecule has 10 aromatic rings. The summed E-state index contributed by atoms with van der Waals surface area (Å²) in [6.45, 7) is 0. The topological polar surface area (TPSA) is 3.24 Å². The third-order valence-electron chi connectivity index (χ3n) is 11.4. The van der Waals surface area contributed by atoms with Gasteiger partial charge in [0, 0.05) is 37.2 Å². The first-order valence-corrected chi connectivity index (χ1v) is 20.0. The van der Waals surface area contributed by atoms with Gasteiger partial charge in [0.15, 0.2) is 0 Å². The van der Waals surface area contributed by atoms with Gasteiger partial charge in [0.25, 0.3) is 0 Å². The van der Waals surface area contributed by atoms with Gasteiger partial charge in [0.2, 0.25) is 0 Å². The number of benzene rings is 9. The van der Waals surface area contributed by atoms with Gasteiger partial charge < -0.3 is 4.90 Å². The van der Waals surface area contributed by atoms with Crippen LogP contribution in [0, 0.1) is 0 Å². The summed E-state index contributed by atoms with van der Waals surface area (Å²) in [7, 11) is 0. The molecule has 1 aromatic heterocycles. The van der Waals surface area contributed by atoms with Crippen LogP contribution >= 0.6 is 11.3 Å². The minimum absolute atomic E-state index is 0.180. The van der Waals surface area contributed by atoms with Crippen molar-refractivity contribution in [2.75, 3.05) is 4.90 Å². The molecule has 0 N–H and O–H groups in total. The highest BCUT2D eigenvalue weighted by Gasteiger charge is 2.47. The van der Waals surface area contributed by atoms with Gasteiger partial charge in [0.1, 0.15) is 0 Å². The van der Waals surface area contributed by atoms with E-state index in [4.69, 9.17) is 6.85 Å². The number of fused-ring (bicyclic) bond motifs is 6. The maximum Gasteiger partial charge on any atom is 0.0728 e. The number of nitrogens with zero attached hydrogens (tertiary/aromatic N) is 1. The van der Waals surface area contributed by atoms with Crippen molar-refractivity contribution >= 4 is 48.6 Å². The summed E-state index contributed by atoms with van der Waals surface area (Å²) in [6, 6.07) is 67.1. The van der Waals surface area contributed by atoms with Crippen LogP contribution in [0.15, 0.2) is 224 Å². The Balaban J connectivity index is 1.15. The molecule has 0 fully saturated rings. The summed E-state index contributed by atoms with van der Waals surface area (Å²) in [4.78, 5) is 2.25. The molecule has 0 amide bonds. The third kappa shape index (κ3) is 5.37. The Hall–Kier alpha value is -7.00. The summed E-state index contributed by atoms with van der Waals surface area (Å²) in [6.07, 6.45) is 0. The van der Waals surface area contributed by atoms with Crippen molar-refractivity contribution in [3.8, 4) is 33.4 Å². The molecule has 1 unspecified atom stereocenters. The molecule has 0 spiro atoms. The van der Waals surface area contributed by atoms with Gasteiger partial charge >= 0.3 is 0 Å². The fourth-order valence-electron chi connectivity index (χ4n) is 8.95. The number of rotatable bonds is 7. The summed E-state index contributed by atoms with van der Waals surface area (Å²) in [5, 5.41) is 2.51. The van der Waals surface area contributed by atoms with Crippen molar-refractivity contribution in [2.24, 2.45) is 0 Å². The van der Waals surface area contributed by atoms with Crippen molar-refractivity contribution < 1.29 is 6.85 Å². The van der Waals surface area contributed by atoms with Crippen LogP contribution in [0.5, 0.6) is 0 Å². The van der Waals surface area contributed by atoms with E-state index in [1.54, 1.807) is 0 Å².